The van der Waals surface area contributed by atoms with Gasteiger partial charge >= 0.3 is 0 Å². The Balaban J connectivity index is 2.07. The van der Waals surface area contributed by atoms with Crippen molar-refractivity contribution in [2.45, 2.75) is 65.4 Å². The van der Waals surface area contributed by atoms with Gasteiger partial charge in [-0.1, -0.05) is 20.8 Å². The van der Waals surface area contributed by atoms with Crippen LogP contribution < -0.4 is 0 Å². The largest absolute Gasteiger partial charge is 0.390 e. The van der Waals surface area contributed by atoms with Crippen molar-refractivity contribution in [2.75, 3.05) is 0 Å². The van der Waals surface area contributed by atoms with Crippen LogP contribution in [0.1, 0.15) is 59.8 Å². The molecule has 0 aromatic rings. The zero-order valence-corrected chi connectivity index (χ0v) is 11.2. The van der Waals surface area contributed by atoms with Crippen LogP contribution in [0.2, 0.25) is 0 Å². The van der Waals surface area contributed by atoms with Crippen molar-refractivity contribution in [1.82, 2.24) is 0 Å². The molecule has 3 rings (SSSR count). The van der Waals surface area contributed by atoms with Crippen LogP contribution in [-0.2, 0) is 0 Å². The van der Waals surface area contributed by atoms with E-state index in [-0.39, 0.29) is 0 Å². The second-order valence-electron chi connectivity index (χ2n) is 7.70. The van der Waals surface area contributed by atoms with Crippen molar-refractivity contribution < 1.29 is 5.11 Å². The second kappa shape index (κ2) is 2.85. The first-order chi connectivity index (χ1) is 7.31. The molecule has 3 saturated carbocycles. The molecule has 3 aliphatic carbocycles. The Labute approximate surface area is 99.6 Å². The highest BCUT2D eigenvalue weighted by Gasteiger charge is 2.67. The summed E-state index contributed by atoms with van der Waals surface area (Å²) in [5.74, 6) is 2.29. The monoisotopic (exact) mass is 222 g/mol. The molecule has 2 bridgehead atoms. The lowest BCUT2D eigenvalue weighted by Crippen LogP contribution is -2.44. The summed E-state index contributed by atoms with van der Waals surface area (Å²) in [6.45, 7) is 9.38. The van der Waals surface area contributed by atoms with Crippen molar-refractivity contribution in [3.05, 3.63) is 0 Å². The quantitative estimate of drug-likeness (QED) is 0.664. The van der Waals surface area contributed by atoms with Gasteiger partial charge in [-0.15, -0.1) is 0 Å². The molecule has 1 spiro atoms. The minimum absolute atomic E-state index is 0.352. The van der Waals surface area contributed by atoms with Crippen LogP contribution in [0, 0.1) is 28.6 Å². The van der Waals surface area contributed by atoms with Crippen molar-refractivity contribution in [1.29, 1.82) is 0 Å². The SMILES string of the molecule is C[C@H]1CC[C@H]2C(C)(C)[C@H]3C[C@@]12CC[C@]3(C)O. The molecule has 0 aromatic carbocycles. The van der Waals surface area contributed by atoms with E-state index in [1.165, 1.54) is 25.7 Å². The van der Waals surface area contributed by atoms with E-state index in [2.05, 4.69) is 27.7 Å². The predicted molar refractivity (Wildman–Crippen MR) is 66.1 cm³/mol. The number of hydrogen-bond donors (Lipinski definition) is 1. The summed E-state index contributed by atoms with van der Waals surface area (Å²) in [5.41, 5.74) is 0.542. The summed E-state index contributed by atoms with van der Waals surface area (Å²) in [6, 6.07) is 0. The highest BCUT2D eigenvalue weighted by atomic mass is 16.3. The van der Waals surface area contributed by atoms with Crippen molar-refractivity contribution in [2.24, 2.45) is 28.6 Å². The number of aliphatic hydroxyl groups is 1. The summed E-state index contributed by atoms with van der Waals surface area (Å²) in [7, 11) is 0. The molecule has 0 aliphatic heterocycles. The topological polar surface area (TPSA) is 20.2 Å². The highest BCUT2D eigenvalue weighted by molar-refractivity contribution is 5.16. The van der Waals surface area contributed by atoms with E-state index in [1.807, 2.05) is 0 Å². The third-order valence-electron chi connectivity index (χ3n) is 6.79. The summed E-state index contributed by atoms with van der Waals surface area (Å²) in [4.78, 5) is 0. The smallest absolute Gasteiger partial charge is 0.0653 e. The molecule has 0 radical (unpaired) electrons. The van der Waals surface area contributed by atoms with Crippen molar-refractivity contribution >= 4 is 0 Å². The van der Waals surface area contributed by atoms with E-state index < -0.39 is 5.60 Å². The molecule has 3 fully saturated rings. The van der Waals surface area contributed by atoms with Crippen molar-refractivity contribution in [3.8, 4) is 0 Å². The van der Waals surface area contributed by atoms with Gasteiger partial charge in [0.05, 0.1) is 5.60 Å². The molecular weight excluding hydrogens is 196 g/mol. The van der Waals surface area contributed by atoms with Crippen LogP contribution in [-0.4, -0.2) is 10.7 Å². The Morgan fingerprint density at radius 2 is 1.69 bits per heavy atom. The first-order valence-corrected chi connectivity index (χ1v) is 7.03. The first kappa shape index (κ1) is 11.1. The van der Waals surface area contributed by atoms with Gasteiger partial charge in [0.15, 0.2) is 0 Å². The maximum Gasteiger partial charge on any atom is 0.0653 e. The Morgan fingerprint density at radius 1 is 1.00 bits per heavy atom. The van der Waals surface area contributed by atoms with Gasteiger partial charge in [-0.3, -0.25) is 0 Å². The average molecular weight is 222 g/mol. The Morgan fingerprint density at radius 3 is 2.38 bits per heavy atom. The van der Waals surface area contributed by atoms with Gasteiger partial charge in [0.25, 0.3) is 0 Å². The lowest BCUT2D eigenvalue weighted by atomic mass is 9.64. The molecule has 0 saturated heterocycles. The Hall–Kier alpha value is -0.0400. The summed E-state index contributed by atoms with van der Waals surface area (Å²) in [6.07, 6.45) is 6.41. The highest BCUT2D eigenvalue weighted by Crippen LogP contribution is 2.73. The minimum Gasteiger partial charge on any atom is -0.390 e. The van der Waals surface area contributed by atoms with Gasteiger partial charge in [-0.2, -0.15) is 0 Å². The van der Waals surface area contributed by atoms with Gasteiger partial charge < -0.3 is 5.11 Å². The standard InChI is InChI=1S/C15H26O/c1-10-5-6-11-13(2,3)12-9-15(10,11)8-7-14(12,4)16/h10-12,16H,5-9H2,1-4H3/t10-,11-,12+,14-,15-/m0/s1. The van der Waals surface area contributed by atoms with Crippen LogP contribution in [0.4, 0.5) is 0 Å². The predicted octanol–water partition coefficient (Wildman–Crippen LogP) is 3.61. The Kier molecular flexibility index (Phi) is 1.98. The lowest BCUT2D eigenvalue weighted by molar-refractivity contribution is -0.0717. The normalized spacial score (nSPS) is 58.7. The number of hydrogen-bond acceptors (Lipinski definition) is 1. The van der Waals surface area contributed by atoms with Gasteiger partial charge in [0, 0.05) is 0 Å². The van der Waals surface area contributed by atoms with E-state index in [1.54, 1.807) is 0 Å². The zero-order valence-electron chi connectivity index (χ0n) is 11.2. The maximum absolute atomic E-state index is 10.6. The van der Waals surface area contributed by atoms with Gasteiger partial charge in [0.2, 0.25) is 0 Å². The van der Waals surface area contributed by atoms with Gasteiger partial charge in [-0.25, -0.2) is 0 Å². The van der Waals surface area contributed by atoms with Crippen LogP contribution in [0.5, 0.6) is 0 Å². The molecule has 1 nitrogen and oxygen atoms in total. The zero-order chi connectivity index (χ0) is 11.8. The lowest BCUT2D eigenvalue weighted by Gasteiger charge is -2.44. The van der Waals surface area contributed by atoms with E-state index in [9.17, 15) is 5.11 Å². The van der Waals surface area contributed by atoms with E-state index in [0.29, 0.717) is 16.7 Å². The number of fused-ring (bicyclic) bond motifs is 1. The number of rotatable bonds is 0. The van der Waals surface area contributed by atoms with E-state index >= 15 is 0 Å². The van der Waals surface area contributed by atoms with Gasteiger partial charge in [0.1, 0.15) is 0 Å². The van der Waals surface area contributed by atoms with Crippen LogP contribution >= 0.6 is 0 Å². The fraction of sp³-hybridized carbons (Fsp3) is 1.00. The van der Waals surface area contributed by atoms with Crippen molar-refractivity contribution in [3.63, 3.8) is 0 Å². The van der Waals surface area contributed by atoms with Gasteiger partial charge in [-0.05, 0) is 67.6 Å². The summed E-state index contributed by atoms with van der Waals surface area (Å²) in [5, 5.41) is 10.6. The summed E-state index contributed by atoms with van der Waals surface area (Å²) < 4.78 is 0. The molecule has 92 valence electrons. The second-order valence-corrected chi connectivity index (χ2v) is 7.70. The van der Waals surface area contributed by atoms with Crippen LogP contribution in [0.3, 0.4) is 0 Å². The molecule has 0 unspecified atom stereocenters. The Bertz CT molecular complexity index is 313. The molecule has 3 aliphatic rings. The molecule has 0 aromatic heterocycles. The first-order valence-electron chi connectivity index (χ1n) is 7.03. The summed E-state index contributed by atoms with van der Waals surface area (Å²) >= 11 is 0. The molecule has 1 heteroatoms. The molecule has 5 atom stereocenters. The van der Waals surface area contributed by atoms with Crippen LogP contribution in [0.15, 0.2) is 0 Å². The van der Waals surface area contributed by atoms with Crippen LogP contribution in [0.25, 0.3) is 0 Å². The fourth-order valence-corrected chi connectivity index (χ4v) is 5.88. The van der Waals surface area contributed by atoms with E-state index in [4.69, 9.17) is 0 Å². The maximum atomic E-state index is 10.6. The molecule has 0 amide bonds. The third kappa shape index (κ3) is 1.06. The molecule has 16 heavy (non-hydrogen) atoms. The molecular formula is C15H26O. The third-order valence-corrected chi connectivity index (χ3v) is 6.79. The fourth-order valence-electron chi connectivity index (χ4n) is 5.88. The van der Waals surface area contributed by atoms with E-state index in [0.717, 1.165) is 18.3 Å². The minimum atomic E-state index is -0.404. The molecule has 0 heterocycles. The molecule has 1 N–H and O–H groups in total. The average Bonchev–Trinajstić information content (AvgIpc) is 2.58.